The van der Waals surface area contributed by atoms with Gasteiger partial charge < -0.3 is 23.7 Å². The van der Waals surface area contributed by atoms with E-state index in [0.29, 0.717) is 35.0 Å². The van der Waals surface area contributed by atoms with E-state index in [1.165, 1.54) is 13.3 Å². The molecule has 0 radical (unpaired) electrons. The number of amides is 1. The summed E-state index contributed by atoms with van der Waals surface area (Å²) in [5.41, 5.74) is 1.01. The second-order valence-corrected chi connectivity index (χ2v) is 9.34. The monoisotopic (exact) mass is 481 g/mol. The van der Waals surface area contributed by atoms with Crippen LogP contribution in [0.2, 0.25) is 0 Å². The first kappa shape index (κ1) is 23.4. The van der Waals surface area contributed by atoms with Gasteiger partial charge in [0.15, 0.2) is 23.3 Å². The van der Waals surface area contributed by atoms with E-state index in [9.17, 15) is 9.36 Å². The molecule has 0 spiro atoms. The minimum Gasteiger partial charge on any atom is -0.415 e. The van der Waals surface area contributed by atoms with Gasteiger partial charge in [0.2, 0.25) is 5.91 Å². The number of aromatic nitrogens is 4. The lowest BCUT2D eigenvalue weighted by Crippen LogP contribution is -2.19. The van der Waals surface area contributed by atoms with E-state index in [1.807, 2.05) is 19.1 Å². The number of carbonyl (C=O) groups is 1. The highest BCUT2D eigenvalue weighted by molar-refractivity contribution is 7.54. The number of carbonyl (C=O) groups excluding carboxylic acids is 1. The van der Waals surface area contributed by atoms with Gasteiger partial charge in [-0.2, -0.15) is 0 Å². The van der Waals surface area contributed by atoms with Crippen molar-refractivity contribution in [1.29, 1.82) is 0 Å². The maximum absolute atomic E-state index is 13.6. The lowest BCUT2D eigenvalue weighted by atomic mass is 10.3. The smallest absolute Gasteiger partial charge is 0.415 e. The fraction of sp³-hybridized carbons (Fsp3) is 0.217. The van der Waals surface area contributed by atoms with Crippen molar-refractivity contribution in [3.63, 3.8) is 0 Å². The molecular formula is C23H24N5O5P. The van der Waals surface area contributed by atoms with Crippen molar-refractivity contribution in [1.82, 2.24) is 19.5 Å². The molecule has 0 saturated heterocycles. The molecule has 176 valence electrons. The average Bonchev–Trinajstić information content (AvgIpc) is 3.22. The molecule has 1 N–H and O–H groups in total. The topological polar surface area (TPSA) is 117 Å². The van der Waals surface area contributed by atoms with Gasteiger partial charge in [-0.25, -0.2) is 19.5 Å². The summed E-state index contributed by atoms with van der Waals surface area (Å²) in [6.45, 7) is 3.59. The summed E-state index contributed by atoms with van der Waals surface area (Å²) in [7, 11) is -3.70. The summed E-state index contributed by atoms with van der Waals surface area (Å²) < 4.78 is 32.7. The molecule has 1 atom stereocenters. The second kappa shape index (κ2) is 10.5. The van der Waals surface area contributed by atoms with Crippen molar-refractivity contribution in [2.45, 2.75) is 26.5 Å². The van der Waals surface area contributed by atoms with E-state index in [1.54, 1.807) is 59.4 Å². The number of para-hydroxylation sites is 2. The van der Waals surface area contributed by atoms with E-state index in [4.69, 9.17) is 13.8 Å². The molecule has 34 heavy (non-hydrogen) atoms. The fourth-order valence-corrected chi connectivity index (χ4v) is 4.64. The van der Waals surface area contributed by atoms with E-state index >= 15 is 0 Å². The third kappa shape index (κ3) is 5.98. The fourth-order valence-electron chi connectivity index (χ4n) is 3.18. The lowest BCUT2D eigenvalue weighted by molar-refractivity contribution is -0.114. The van der Waals surface area contributed by atoms with Gasteiger partial charge in [-0.3, -0.25) is 4.79 Å². The van der Waals surface area contributed by atoms with E-state index < -0.39 is 7.60 Å². The number of hydrogen-bond donors (Lipinski definition) is 1. The van der Waals surface area contributed by atoms with Crippen LogP contribution in [0.4, 0.5) is 5.82 Å². The normalized spacial score (nSPS) is 12.3. The van der Waals surface area contributed by atoms with Crippen LogP contribution in [0.25, 0.3) is 11.2 Å². The van der Waals surface area contributed by atoms with Gasteiger partial charge in [0.05, 0.1) is 19.0 Å². The maximum Gasteiger partial charge on any atom is 0.456 e. The first-order valence-electron chi connectivity index (χ1n) is 10.6. The second-order valence-electron chi connectivity index (χ2n) is 7.50. The zero-order valence-electron chi connectivity index (χ0n) is 18.7. The SMILES string of the molecule is CC(=O)Nc1ncnc2c1ncn2C[C@@H](C)OCP(=O)(Oc1ccccc1)Oc1ccccc1. The minimum atomic E-state index is -3.70. The van der Waals surface area contributed by atoms with Gasteiger partial charge in [0.1, 0.15) is 17.8 Å². The molecule has 0 bridgehead atoms. The molecule has 11 heteroatoms. The van der Waals surface area contributed by atoms with Crippen LogP contribution in [0.15, 0.2) is 73.3 Å². The van der Waals surface area contributed by atoms with E-state index in [2.05, 4.69) is 20.3 Å². The third-order valence-corrected chi connectivity index (χ3v) is 6.09. The average molecular weight is 481 g/mol. The van der Waals surface area contributed by atoms with Gasteiger partial charge in [-0.05, 0) is 31.2 Å². The van der Waals surface area contributed by atoms with Crippen LogP contribution in [-0.2, 0) is 20.6 Å². The highest BCUT2D eigenvalue weighted by Gasteiger charge is 2.30. The Balaban J connectivity index is 1.47. The van der Waals surface area contributed by atoms with Crippen LogP contribution in [0.5, 0.6) is 11.5 Å². The maximum atomic E-state index is 13.6. The number of nitrogens with one attached hydrogen (secondary N) is 1. The van der Waals surface area contributed by atoms with Crippen LogP contribution < -0.4 is 14.4 Å². The summed E-state index contributed by atoms with van der Waals surface area (Å²) in [6.07, 6.45) is 2.29. The number of anilines is 1. The molecule has 4 rings (SSSR count). The van der Waals surface area contributed by atoms with E-state index in [-0.39, 0.29) is 18.4 Å². The molecule has 0 aliphatic carbocycles. The molecular weight excluding hydrogens is 457 g/mol. The zero-order chi connectivity index (χ0) is 24.0. The number of benzene rings is 2. The molecule has 1 amide bonds. The van der Waals surface area contributed by atoms with Crippen molar-refractivity contribution in [2.75, 3.05) is 11.7 Å². The molecule has 0 unspecified atom stereocenters. The molecule has 0 aliphatic rings. The van der Waals surface area contributed by atoms with Crippen molar-refractivity contribution < 1.29 is 23.1 Å². The Hall–Kier alpha value is -3.75. The molecule has 0 fully saturated rings. The Bertz CT molecular complexity index is 1250. The quantitative estimate of drug-likeness (QED) is 0.329. The van der Waals surface area contributed by atoms with Gasteiger partial charge >= 0.3 is 7.60 Å². The van der Waals surface area contributed by atoms with Crippen LogP contribution >= 0.6 is 7.60 Å². The lowest BCUT2D eigenvalue weighted by Gasteiger charge is -2.22. The van der Waals surface area contributed by atoms with Gasteiger partial charge in [-0.1, -0.05) is 36.4 Å². The Labute approximate surface area is 196 Å². The standard InChI is InChI=1S/C23H24N5O5P/c1-17(13-28-15-26-21-22(27-18(2)29)24-14-25-23(21)28)31-16-34(30,32-19-9-5-3-6-10-19)33-20-11-7-4-8-12-20/h3-12,14-15,17H,13,16H2,1-2H3,(H,24,25,27,29)/t17-/m1/s1. The minimum absolute atomic E-state index is 0.251. The van der Waals surface area contributed by atoms with Gasteiger partial charge in [0.25, 0.3) is 0 Å². The zero-order valence-corrected chi connectivity index (χ0v) is 19.6. The van der Waals surface area contributed by atoms with Crippen LogP contribution in [0.1, 0.15) is 13.8 Å². The molecule has 2 aromatic carbocycles. The summed E-state index contributed by atoms with van der Waals surface area (Å²) in [4.78, 5) is 24.0. The Morgan fingerprint density at radius 3 is 2.21 bits per heavy atom. The van der Waals surface area contributed by atoms with Gasteiger partial charge in [0, 0.05) is 6.92 Å². The number of nitrogens with zero attached hydrogens (tertiary/aromatic N) is 4. The largest absolute Gasteiger partial charge is 0.456 e. The molecule has 2 aromatic heterocycles. The Morgan fingerprint density at radius 2 is 1.62 bits per heavy atom. The Kier molecular flexibility index (Phi) is 7.20. The van der Waals surface area contributed by atoms with Crippen molar-refractivity contribution in [2.24, 2.45) is 0 Å². The highest BCUT2D eigenvalue weighted by Crippen LogP contribution is 2.48. The molecule has 10 nitrogen and oxygen atoms in total. The van der Waals surface area contributed by atoms with Crippen LogP contribution in [0.3, 0.4) is 0 Å². The highest BCUT2D eigenvalue weighted by atomic mass is 31.2. The van der Waals surface area contributed by atoms with Crippen molar-refractivity contribution >= 4 is 30.5 Å². The predicted octanol–water partition coefficient (Wildman–Crippen LogP) is 4.50. The summed E-state index contributed by atoms with van der Waals surface area (Å²) in [5.74, 6) is 0.919. The third-order valence-electron chi connectivity index (χ3n) is 4.64. The molecule has 0 aliphatic heterocycles. The number of imidazole rings is 1. The Morgan fingerprint density at radius 1 is 1.00 bits per heavy atom. The molecule has 0 saturated carbocycles. The number of hydrogen-bond acceptors (Lipinski definition) is 8. The van der Waals surface area contributed by atoms with E-state index in [0.717, 1.165) is 0 Å². The number of rotatable bonds is 10. The van der Waals surface area contributed by atoms with Crippen molar-refractivity contribution in [3.8, 4) is 11.5 Å². The number of fused-ring (bicyclic) bond motifs is 1. The summed E-state index contributed by atoms with van der Waals surface area (Å²) in [6, 6.07) is 17.6. The molecule has 2 heterocycles. The first-order chi connectivity index (χ1) is 16.4. The first-order valence-corrected chi connectivity index (χ1v) is 12.3. The van der Waals surface area contributed by atoms with Gasteiger partial charge in [-0.15, -0.1) is 0 Å². The predicted molar refractivity (Wildman–Crippen MR) is 127 cm³/mol. The summed E-state index contributed by atoms with van der Waals surface area (Å²) in [5, 5.41) is 2.64. The molecule has 4 aromatic rings. The van der Waals surface area contributed by atoms with Crippen LogP contribution in [-0.4, -0.2) is 37.9 Å². The van der Waals surface area contributed by atoms with Crippen molar-refractivity contribution in [3.05, 3.63) is 73.3 Å². The number of ether oxygens (including phenoxy) is 1. The summed E-state index contributed by atoms with van der Waals surface area (Å²) >= 11 is 0. The van der Waals surface area contributed by atoms with Crippen LogP contribution in [0, 0.1) is 0 Å².